The Bertz CT molecular complexity index is 638. The van der Waals surface area contributed by atoms with Crippen molar-refractivity contribution in [2.45, 2.75) is 45.3 Å². The quantitative estimate of drug-likeness (QED) is 0.881. The highest BCUT2D eigenvalue weighted by Crippen LogP contribution is 2.19. The Hall–Kier alpha value is -2.38. The van der Waals surface area contributed by atoms with E-state index in [4.69, 9.17) is 9.47 Å². The van der Waals surface area contributed by atoms with Crippen LogP contribution in [0.5, 0.6) is 5.75 Å². The van der Waals surface area contributed by atoms with Crippen molar-refractivity contribution in [1.82, 2.24) is 10.2 Å². The fourth-order valence-electron chi connectivity index (χ4n) is 2.39. The second-order valence-electron chi connectivity index (χ2n) is 6.85. The molecule has 1 aromatic rings. The summed E-state index contributed by atoms with van der Waals surface area (Å²) in [5.41, 5.74) is -0.560. The highest BCUT2D eigenvalue weighted by molar-refractivity contribution is 5.71. The van der Waals surface area contributed by atoms with Gasteiger partial charge >= 0.3 is 12.2 Å². The van der Waals surface area contributed by atoms with Crippen LogP contribution in [0.2, 0.25) is 0 Å². The average Bonchev–Trinajstić information content (AvgIpc) is 2.49. The van der Waals surface area contributed by atoms with Gasteiger partial charge in [0.1, 0.15) is 11.4 Å². The van der Waals surface area contributed by atoms with Gasteiger partial charge < -0.3 is 19.7 Å². The van der Waals surface area contributed by atoms with Crippen molar-refractivity contribution in [2.75, 3.05) is 13.1 Å². The largest absolute Gasteiger partial charge is 0.444 e. The minimum absolute atomic E-state index is 0.199. The molecule has 2 rings (SSSR count). The molecular weight excluding hydrogens is 334 g/mol. The molecule has 0 saturated carbocycles. The van der Waals surface area contributed by atoms with Crippen LogP contribution in [0.3, 0.4) is 0 Å². The summed E-state index contributed by atoms with van der Waals surface area (Å²) in [6.45, 7) is 6.26. The van der Waals surface area contributed by atoms with Crippen LogP contribution in [0.1, 0.15) is 33.6 Å². The van der Waals surface area contributed by atoms with Crippen LogP contribution in [-0.4, -0.2) is 41.8 Å². The van der Waals surface area contributed by atoms with Gasteiger partial charge in [-0.1, -0.05) is 0 Å². The number of hydrogen-bond donors (Lipinski definition) is 1. The molecule has 2 amide bonds. The summed E-state index contributed by atoms with van der Waals surface area (Å²) < 4.78 is 36.4. The van der Waals surface area contributed by atoms with Crippen LogP contribution < -0.4 is 10.1 Å². The van der Waals surface area contributed by atoms with Gasteiger partial charge in [0.05, 0.1) is 0 Å². The molecule has 1 heterocycles. The summed E-state index contributed by atoms with van der Waals surface area (Å²) in [5, 5.41) is 2.62. The van der Waals surface area contributed by atoms with E-state index in [9.17, 15) is 18.4 Å². The second kappa shape index (κ2) is 7.67. The van der Waals surface area contributed by atoms with E-state index in [1.807, 2.05) is 0 Å². The summed E-state index contributed by atoms with van der Waals surface area (Å²) in [6, 6.07) is 2.50. The number of piperidine rings is 1. The van der Waals surface area contributed by atoms with E-state index in [1.165, 1.54) is 0 Å². The van der Waals surface area contributed by atoms with Gasteiger partial charge in [0, 0.05) is 25.2 Å². The molecule has 0 aliphatic carbocycles. The number of carbonyl (C=O) groups excluding carboxylic acids is 2. The molecule has 1 aliphatic heterocycles. The number of ether oxygens (including phenoxy) is 2. The summed E-state index contributed by atoms with van der Waals surface area (Å²) >= 11 is 0. The maximum atomic E-state index is 13.5. The van der Waals surface area contributed by atoms with Gasteiger partial charge in [0.2, 0.25) is 0 Å². The lowest BCUT2D eigenvalue weighted by molar-refractivity contribution is 0.0200. The lowest BCUT2D eigenvalue weighted by Gasteiger charge is -2.33. The number of nitrogens with one attached hydrogen (secondary N) is 1. The predicted octanol–water partition coefficient (Wildman–Crippen LogP) is 3.45. The topological polar surface area (TPSA) is 67.9 Å². The summed E-state index contributed by atoms with van der Waals surface area (Å²) in [7, 11) is 0. The van der Waals surface area contributed by atoms with Crippen molar-refractivity contribution in [3.8, 4) is 5.75 Å². The third kappa shape index (κ3) is 5.88. The molecule has 1 aromatic carbocycles. The molecule has 0 spiro atoms. The van der Waals surface area contributed by atoms with Gasteiger partial charge in [-0.3, -0.25) is 0 Å². The van der Waals surface area contributed by atoms with E-state index < -0.39 is 23.3 Å². The summed E-state index contributed by atoms with van der Waals surface area (Å²) in [6.07, 6.45) is -0.149. The molecule has 1 N–H and O–H groups in total. The van der Waals surface area contributed by atoms with Crippen LogP contribution in [0.15, 0.2) is 18.2 Å². The van der Waals surface area contributed by atoms with Crippen LogP contribution in [0.4, 0.5) is 18.4 Å². The number of hydrogen-bond acceptors (Lipinski definition) is 4. The van der Waals surface area contributed by atoms with E-state index in [2.05, 4.69) is 5.32 Å². The maximum absolute atomic E-state index is 13.5. The molecule has 25 heavy (non-hydrogen) atoms. The number of benzene rings is 1. The van der Waals surface area contributed by atoms with Gasteiger partial charge in [-0.05, 0) is 45.7 Å². The lowest BCUT2D eigenvalue weighted by atomic mass is 10.1. The summed E-state index contributed by atoms with van der Waals surface area (Å²) in [4.78, 5) is 25.4. The zero-order valence-corrected chi connectivity index (χ0v) is 14.5. The second-order valence-corrected chi connectivity index (χ2v) is 6.85. The van der Waals surface area contributed by atoms with Gasteiger partial charge in [0.15, 0.2) is 11.6 Å². The highest BCUT2D eigenvalue weighted by Gasteiger charge is 2.27. The van der Waals surface area contributed by atoms with Crippen LogP contribution >= 0.6 is 0 Å². The Labute approximate surface area is 145 Å². The van der Waals surface area contributed by atoms with E-state index in [-0.39, 0.29) is 17.9 Å². The Morgan fingerprint density at radius 1 is 1.20 bits per heavy atom. The number of carbonyl (C=O) groups is 2. The molecule has 0 atom stereocenters. The number of nitrogens with zero attached hydrogens (tertiary/aromatic N) is 1. The van der Waals surface area contributed by atoms with E-state index in [0.29, 0.717) is 32.0 Å². The van der Waals surface area contributed by atoms with E-state index >= 15 is 0 Å². The van der Waals surface area contributed by atoms with Crippen molar-refractivity contribution >= 4 is 12.2 Å². The minimum atomic E-state index is -0.949. The minimum Gasteiger partial charge on any atom is -0.444 e. The normalized spacial score (nSPS) is 15.6. The number of halogens is 2. The maximum Gasteiger partial charge on any atom is 0.412 e. The van der Waals surface area contributed by atoms with Crippen molar-refractivity contribution in [2.24, 2.45) is 0 Å². The predicted molar refractivity (Wildman–Crippen MR) is 86.3 cm³/mol. The SMILES string of the molecule is CC(C)(C)OC(=O)N1CCC(NC(=O)Oc2ccc(F)cc2F)CC1. The first-order valence-electron chi connectivity index (χ1n) is 8.05. The molecule has 8 heteroatoms. The molecule has 6 nitrogen and oxygen atoms in total. The molecule has 1 fully saturated rings. The Morgan fingerprint density at radius 2 is 1.84 bits per heavy atom. The summed E-state index contributed by atoms with van der Waals surface area (Å²) in [5.74, 6) is -2.04. The average molecular weight is 356 g/mol. The molecule has 138 valence electrons. The van der Waals surface area contributed by atoms with E-state index in [0.717, 1.165) is 12.1 Å². The van der Waals surface area contributed by atoms with Gasteiger partial charge in [0.25, 0.3) is 0 Å². The van der Waals surface area contributed by atoms with Gasteiger partial charge in [-0.2, -0.15) is 0 Å². The fraction of sp³-hybridized carbons (Fsp3) is 0.529. The number of likely N-dealkylation sites (tertiary alicyclic amines) is 1. The molecule has 0 unspecified atom stereocenters. The Morgan fingerprint density at radius 3 is 2.40 bits per heavy atom. The van der Waals surface area contributed by atoms with Crippen molar-refractivity contribution in [3.63, 3.8) is 0 Å². The van der Waals surface area contributed by atoms with Crippen LogP contribution in [-0.2, 0) is 4.74 Å². The zero-order valence-electron chi connectivity index (χ0n) is 14.5. The highest BCUT2D eigenvalue weighted by atomic mass is 19.1. The van der Waals surface area contributed by atoms with Gasteiger partial charge in [-0.15, -0.1) is 0 Å². The standard InChI is InChI=1S/C17H22F2N2O4/c1-17(2,3)25-16(23)21-8-6-12(7-9-21)20-15(22)24-14-5-4-11(18)10-13(14)19/h4-5,10,12H,6-9H2,1-3H3,(H,20,22). The Kier molecular flexibility index (Phi) is 5.81. The van der Waals surface area contributed by atoms with E-state index in [1.54, 1.807) is 25.7 Å². The first-order chi connectivity index (χ1) is 11.6. The lowest BCUT2D eigenvalue weighted by Crippen LogP contribution is -2.48. The van der Waals surface area contributed by atoms with Crippen LogP contribution in [0, 0.1) is 11.6 Å². The molecule has 1 saturated heterocycles. The molecule has 0 aromatic heterocycles. The molecule has 0 bridgehead atoms. The van der Waals surface area contributed by atoms with Gasteiger partial charge in [-0.25, -0.2) is 18.4 Å². The van der Waals surface area contributed by atoms with Crippen molar-refractivity contribution in [1.29, 1.82) is 0 Å². The molecular formula is C17H22F2N2O4. The third-order valence-corrected chi connectivity index (χ3v) is 3.57. The molecule has 1 aliphatic rings. The fourth-order valence-corrected chi connectivity index (χ4v) is 2.39. The van der Waals surface area contributed by atoms with Crippen molar-refractivity contribution in [3.05, 3.63) is 29.8 Å². The first-order valence-corrected chi connectivity index (χ1v) is 8.05. The smallest absolute Gasteiger partial charge is 0.412 e. The third-order valence-electron chi connectivity index (χ3n) is 3.57. The number of amides is 2. The zero-order chi connectivity index (χ0) is 18.6. The van der Waals surface area contributed by atoms with Crippen LogP contribution in [0.25, 0.3) is 0 Å². The molecule has 0 radical (unpaired) electrons. The Balaban J connectivity index is 1.79. The number of rotatable bonds is 2. The first kappa shape index (κ1) is 19.0. The monoisotopic (exact) mass is 356 g/mol. The van der Waals surface area contributed by atoms with Crippen molar-refractivity contribution < 1.29 is 27.8 Å².